The number of aromatic hydroxyl groups is 1. The first-order chi connectivity index (χ1) is 8.66. The van der Waals surface area contributed by atoms with E-state index in [1.807, 2.05) is 18.2 Å². The highest BCUT2D eigenvalue weighted by Gasteiger charge is 2.19. The molecule has 1 atom stereocenters. The SMILES string of the molecule is CC(C)C1CCCN(Cc2ccccc2O)CC1. The second-order valence-electron chi connectivity index (χ2n) is 5.84. The number of para-hydroxylation sites is 1. The summed E-state index contributed by atoms with van der Waals surface area (Å²) in [6.45, 7) is 7.89. The molecule has 0 saturated carbocycles. The number of likely N-dealkylation sites (tertiary alicyclic amines) is 1. The van der Waals surface area contributed by atoms with Crippen molar-refractivity contribution in [3.63, 3.8) is 0 Å². The van der Waals surface area contributed by atoms with Crippen molar-refractivity contribution in [2.24, 2.45) is 11.8 Å². The minimum absolute atomic E-state index is 0.433. The average molecular weight is 247 g/mol. The molecule has 0 amide bonds. The molecule has 1 aliphatic heterocycles. The van der Waals surface area contributed by atoms with Gasteiger partial charge >= 0.3 is 0 Å². The first-order valence-corrected chi connectivity index (χ1v) is 7.16. The lowest BCUT2D eigenvalue weighted by Gasteiger charge is -2.21. The Balaban J connectivity index is 1.93. The van der Waals surface area contributed by atoms with Gasteiger partial charge in [0.1, 0.15) is 5.75 Å². The standard InChI is InChI=1S/C16H25NO/c1-13(2)14-7-5-10-17(11-9-14)12-15-6-3-4-8-16(15)18/h3-4,6,8,13-14,18H,5,7,9-12H2,1-2H3. The van der Waals surface area contributed by atoms with E-state index in [9.17, 15) is 5.11 Å². The van der Waals surface area contributed by atoms with Crippen LogP contribution < -0.4 is 0 Å². The van der Waals surface area contributed by atoms with Crippen LogP contribution >= 0.6 is 0 Å². The topological polar surface area (TPSA) is 23.5 Å². The van der Waals surface area contributed by atoms with E-state index in [2.05, 4.69) is 18.7 Å². The molecule has 1 aliphatic rings. The molecule has 2 heteroatoms. The van der Waals surface area contributed by atoms with E-state index < -0.39 is 0 Å². The Morgan fingerprint density at radius 3 is 2.72 bits per heavy atom. The fourth-order valence-corrected chi connectivity index (χ4v) is 2.89. The van der Waals surface area contributed by atoms with Gasteiger partial charge in [0.05, 0.1) is 0 Å². The highest BCUT2D eigenvalue weighted by Crippen LogP contribution is 2.26. The molecule has 1 heterocycles. The molecule has 2 rings (SSSR count). The first-order valence-electron chi connectivity index (χ1n) is 7.16. The van der Waals surface area contributed by atoms with Crippen molar-refractivity contribution in [1.82, 2.24) is 4.90 Å². The van der Waals surface area contributed by atoms with Gasteiger partial charge in [-0.25, -0.2) is 0 Å². The molecular weight excluding hydrogens is 222 g/mol. The number of phenols is 1. The van der Waals surface area contributed by atoms with Crippen LogP contribution in [-0.4, -0.2) is 23.1 Å². The van der Waals surface area contributed by atoms with Crippen LogP contribution in [0.1, 0.15) is 38.7 Å². The molecule has 18 heavy (non-hydrogen) atoms. The predicted molar refractivity (Wildman–Crippen MR) is 75.6 cm³/mol. The number of hydrogen-bond donors (Lipinski definition) is 1. The molecule has 0 aromatic heterocycles. The van der Waals surface area contributed by atoms with Crippen LogP contribution in [0.5, 0.6) is 5.75 Å². The second-order valence-corrected chi connectivity index (χ2v) is 5.84. The van der Waals surface area contributed by atoms with Gasteiger partial charge in [-0.1, -0.05) is 32.0 Å². The number of phenolic OH excluding ortho intramolecular Hbond substituents is 1. The van der Waals surface area contributed by atoms with Gasteiger partial charge in [-0.15, -0.1) is 0 Å². The van der Waals surface area contributed by atoms with Crippen LogP contribution in [-0.2, 0) is 6.54 Å². The summed E-state index contributed by atoms with van der Waals surface area (Å²) < 4.78 is 0. The van der Waals surface area contributed by atoms with E-state index in [-0.39, 0.29) is 0 Å². The first kappa shape index (κ1) is 13.4. The summed E-state index contributed by atoms with van der Waals surface area (Å²) in [7, 11) is 0. The smallest absolute Gasteiger partial charge is 0.120 e. The highest BCUT2D eigenvalue weighted by molar-refractivity contribution is 5.31. The Bertz CT molecular complexity index is 375. The summed E-state index contributed by atoms with van der Waals surface area (Å²) in [5, 5.41) is 9.83. The molecule has 1 fully saturated rings. The van der Waals surface area contributed by atoms with Crippen molar-refractivity contribution in [2.75, 3.05) is 13.1 Å². The minimum atomic E-state index is 0.433. The van der Waals surface area contributed by atoms with Crippen LogP contribution in [0.2, 0.25) is 0 Å². The van der Waals surface area contributed by atoms with Crippen molar-refractivity contribution >= 4 is 0 Å². The molecule has 0 spiro atoms. The van der Waals surface area contributed by atoms with Crippen molar-refractivity contribution in [3.8, 4) is 5.75 Å². The largest absolute Gasteiger partial charge is 0.508 e. The Kier molecular flexibility index (Phi) is 4.65. The molecule has 100 valence electrons. The van der Waals surface area contributed by atoms with E-state index in [1.165, 1.54) is 19.3 Å². The van der Waals surface area contributed by atoms with Gasteiger partial charge in [-0.3, -0.25) is 4.90 Å². The quantitative estimate of drug-likeness (QED) is 0.881. The van der Waals surface area contributed by atoms with E-state index in [1.54, 1.807) is 6.07 Å². The van der Waals surface area contributed by atoms with Gasteiger partial charge in [-0.2, -0.15) is 0 Å². The van der Waals surface area contributed by atoms with E-state index >= 15 is 0 Å². The molecular formula is C16H25NO. The summed E-state index contributed by atoms with van der Waals surface area (Å²) in [5.41, 5.74) is 1.06. The molecule has 0 radical (unpaired) electrons. The maximum absolute atomic E-state index is 9.83. The lowest BCUT2D eigenvalue weighted by atomic mass is 9.89. The average Bonchev–Trinajstić information content (AvgIpc) is 2.58. The molecule has 0 bridgehead atoms. The van der Waals surface area contributed by atoms with Crippen molar-refractivity contribution in [1.29, 1.82) is 0 Å². The zero-order chi connectivity index (χ0) is 13.0. The summed E-state index contributed by atoms with van der Waals surface area (Å²) in [6, 6.07) is 7.70. The van der Waals surface area contributed by atoms with Gasteiger partial charge in [-0.05, 0) is 50.3 Å². The van der Waals surface area contributed by atoms with E-state index in [0.29, 0.717) is 5.75 Å². The lowest BCUT2D eigenvalue weighted by Crippen LogP contribution is -2.24. The van der Waals surface area contributed by atoms with Crippen LogP contribution in [0.3, 0.4) is 0 Å². The number of rotatable bonds is 3. The summed E-state index contributed by atoms with van der Waals surface area (Å²) in [6.07, 6.45) is 3.94. The number of benzene rings is 1. The highest BCUT2D eigenvalue weighted by atomic mass is 16.3. The summed E-state index contributed by atoms with van der Waals surface area (Å²) >= 11 is 0. The molecule has 2 nitrogen and oxygen atoms in total. The Morgan fingerprint density at radius 2 is 2.00 bits per heavy atom. The van der Waals surface area contributed by atoms with Gasteiger partial charge in [0.25, 0.3) is 0 Å². The van der Waals surface area contributed by atoms with Gasteiger partial charge in [0.15, 0.2) is 0 Å². The van der Waals surface area contributed by atoms with Crippen molar-refractivity contribution in [3.05, 3.63) is 29.8 Å². The predicted octanol–water partition coefficient (Wildman–Crippen LogP) is 3.65. The summed E-state index contributed by atoms with van der Waals surface area (Å²) in [5.74, 6) is 2.11. The number of nitrogens with zero attached hydrogens (tertiary/aromatic N) is 1. The van der Waals surface area contributed by atoms with Crippen LogP contribution in [0.15, 0.2) is 24.3 Å². The lowest BCUT2D eigenvalue weighted by molar-refractivity contribution is 0.261. The molecule has 1 aromatic carbocycles. The monoisotopic (exact) mass is 247 g/mol. The van der Waals surface area contributed by atoms with Crippen LogP contribution in [0.25, 0.3) is 0 Å². The zero-order valence-corrected chi connectivity index (χ0v) is 11.6. The summed E-state index contributed by atoms with van der Waals surface area (Å²) in [4.78, 5) is 2.48. The normalized spacial score (nSPS) is 22.1. The molecule has 1 aromatic rings. The van der Waals surface area contributed by atoms with Crippen LogP contribution in [0, 0.1) is 11.8 Å². The zero-order valence-electron chi connectivity index (χ0n) is 11.6. The van der Waals surface area contributed by atoms with Gasteiger partial charge in [0, 0.05) is 12.1 Å². The third-order valence-electron chi connectivity index (χ3n) is 4.19. The van der Waals surface area contributed by atoms with E-state index in [4.69, 9.17) is 0 Å². The Morgan fingerprint density at radius 1 is 1.22 bits per heavy atom. The van der Waals surface area contributed by atoms with Crippen molar-refractivity contribution < 1.29 is 5.11 Å². The third-order valence-corrected chi connectivity index (χ3v) is 4.19. The second kappa shape index (κ2) is 6.24. The van der Waals surface area contributed by atoms with Crippen LogP contribution in [0.4, 0.5) is 0 Å². The van der Waals surface area contributed by atoms with Crippen molar-refractivity contribution in [2.45, 2.75) is 39.7 Å². The van der Waals surface area contributed by atoms with E-state index in [0.717, 1.165) is 37.0 Å². The third kappa shape index (κ3) is 3.49. The fraction of sp³-hybridized carbons (Fsp3) is 0.625. The fourth-order valence-electron chi connectivity index (χ4n) is 2.89. The Hall–Kier alpha value is -1.02. The molecule has 1 unspecified atom stereocenters. The molecule has 0 aliphatic carbocycles. The maximum Gasteiger partial charge on any atom is 0.120 e. The Labute approximate surface area is 111 Å². The minimum Gasteiger partial charge on any atom is -0.508 e. The molecule has 1 N–H and O–H groups in total. The van der Waals surface area contributed by atoms with Gasteiger partial charge in [0.2, 0.25) is 0 Å². The maximum atomic E-state index is 9.83. The molecule has 1 saturated heterocycles. The van der Waals surface area contributed by atoms with Gasteiger partial charge < -0.3 is 5.11 Å². The number of hydrogen-bond acceptors (Lipinski definition) is 2.